The summed E-state index contributed by atoms with van der Waals surface area (Å²) >= 11 is 18.2. The van der Waals surface area contributed by atoms with Crippen LogP contribution in [0.4, 0.5) is 0 Å². The summed E-state index contributed by atoms with van der Waals surface area (Å²) in [4.78, 5) is 0. The lowest BCUT2D eigenvalue weighted by molar-refractivity contribution is 0.295. The molecular weight excluding hydrogens is 275 g/mol. The van der Waals surface area contributed by atoms with Gasteiger partial charge in [-0.2, -0.15) is 0 Å². The molecule has 0 amide bonds. The van der Waals surface area contributed by atoms with Crippen molar-refractivity contribution in [2.24, 2.45) is 11.3 Å². The zero-order valence-electron chi connectivity index (χ0n) is 10.3. The van der Waals surface area contributed by atoms with E-state index in [9.17, 15) is 0 Å². The first kappa shape index (κ1) is 15.1. The molecule has 0 radical (unpaired) electrons. The van der Waals surface area contributed by atoms with Gasteiger partial charge in [-0.3, -0.25) is 0 Å². The lowest BCUT2D eigenvalue weighted by Crippen LogP contribution is -2.30. The van der Waals surface area contributed by atoms with Crippen LogP contribution >= 0.6 is 34.8 Å². The minimum Gasteiger partial charge on any atom is -0.126 e. The second kappa shape index (κ2) is 6.87. The highest BCUT2D eigenvalue weighted by Gasteiger charge is 2.29. The number of rotatable bonds is 6. The van der Waals surface area contributed by atoms with Crippen molar-refractivity contribution in [3.05, 3.63) is 34.9 Å². The van der Waals surface area contributed by atoms with E-state index in [1.54, 1.807) is 0 Å². The van der Waals surface area contributed by atoms with Crippen LogP contribution in [0, 0.1) is 11.3 Å². The van der Waals surface area contributed by atoms with E-state index in [0.717, 1.165) is 17.9 Å². The van der Waals surface area contributed by atoms with Crippen molar-refractivity contribution in [1.29, 1.82) is 0 Å². The Balaban J connectivity index is 2.82. The van der Waals surface area contributed by atoms with Crippen molar-refractivity contribution in [3.63, 3.8) is 0 Å². The molecule has 3 heteroatoms. The molecule has 0 aliphatic rings. The Hall–Kier alpha value is 0.0900. The fourth-order valence-electron chi connectivity index (χ4n) is 2.21. The van der Waals surface area contributed by atoms with Crippen LogP contribution in [0.25, 0.3) is 0 Å². The summed E-state index contributed by atoms with van der Waals surface area (Å²) in [5, 5.41) is 0.764. The van der Waals surface area contributed by atoms with Crippen molar-refractivity contribution in [1.82, 2.24) is 0 Å². The van der Waals surface area contributed by atoms with Crippen molar-refractivity contribution in [3.8, 4) is 0 Å². The fraction of sp³-hybridized carbons (Fsp3) is 0.571. The van der Waals surface area contributed by atoms with Gasteiger partial charge in [-0.15, -0.1) is 23.2 Å². The summed E-state index contributed by atoms with van der Waals surface area (Å²) in [5.41, 5.74) is 1.24. The SMILES string of the molecule is CC(C)CC(CCl)(CCl)Cc1ccc(Cl)cc1. The third-order valence-electron chi connectivity index (χ3n) is 2.90. The molecule has 0 atom stereocenters. The second-order valence-corrected chi connectivity index (χ2v) is 6.14. The van der Waals surface area contributed by atoms with Gasteiger partial charge in [-0.1, -0.05) is 37.6 Å². The highest BCUT2D eigenvalue weighted by atomic mass is 35.5. The normalized spacial score (nSPS) is 12.1. The summed E-state index contributed by atoms with van der Waals surface area (Å²) in [7, 11) is 0. The van der Waals surface area contributed by atoms with Gasteiger partial charge in [0.15, 0.2) is 0 Å². The van der Waals surface area contributed by atoms with Crippen molar-refractivity contribution < 1.29 is 0 Å². The van der Waals surface area contributed by atoms with E-state index < -0.39 is 0 Å². The predicted octanol–water partition coefficient (Wildman–Crippen LogP) is 5.39. The van der Waals surface area contributed by atoms with Crippen molar-refractivity contribution in [2.75, 3.05) is 11.8 Å². The van der Waals surface area contributed by atoms with Gasteiger partial charge in [-0.05, 0) is 36.5 Å². The first-order chi connectivity index (χ1) is 8.01. The quantitative estimate of drug-likeness (QED) is 0.617. The van der Waals surface area contributed by atoms with Gasteiger partial charge < -0.3 is 0 Å². The van der Waals surface area contributed by atoms with Gasteiger partial charge in [0.05, 0.1) is 0 Å². The van der Waals surface area contributed by atoms with Crippen LogP contribution < -0.4 is 0 Å². The zero-order chi connectivity index (χ0) is 12.9. The first-order valence-corrected chi connectivity index (χ1v) is 7.32. The Morgan fingerprint density at radius 1 is 1.06 bits per heavy atom. The molecule has 1 aromatic rings. The molecule has 0 N–H and O–H groups in total. The molecule has 0 spiro atoms. The summed E-state index contributed by atoms with van der Waals surface area (Å²) in [6, 6.07) is 7.94. The molecule has 0 nitrogen and oxygen atoms in total. The standard InChI is InChI=1S/C14H19Cl3/c1-11(2)7-14(9-15,10-16)8-12-3-5-13(17)6-4-12/h3-6,11H,7-10H2,1-2H3. The van der Waals surface area contributed by atoms with Crippen LogP contribution in [-0.4, -0.2) is 11.8 Å². The lowest BCUT2D eigenvalue weighted by Gasteiger charge is -2.31. The Morgan fingerprint density at radius 3 is 2.00 bits per heavy atom. The zero-order valence-corrected chi connectivity index (χ0v) is 12.6. The molecular formula is C14H19Cl3. The van der Waals surface area contributed by atoms with Gasteiger partial charge in [0.2, 0.25) is 0 Å². The Labute approximate surface area is 119 Å². The molecule has 0 aliphatic carbocycles. The molecule has 17 heavy (non-hydrogen) atoms. The van der Waals surface area contributed by atoms with Crippen molar-refractivity contribution in [2.45, 2.75) is 26.7 Å². The van der Waals surface area contributed by atoms with Crippen molar-refractivity contribution >= 4 is 34.8 Å². The van der Waals surface area contributed by atoms with Crippen LogP contribution in [0.1, 0.15) is 25.8 Å². The average Bonchev–Trinajstić information content (AvgIpc) is 2.30. The molecule has 1 aromatic carbocycles. The molecule has 0 aromatic heterocycles. The maximum atomic E-state index is 6.14. The van der Waals surface area contributed by atoms with E-state index in [1.807, 2.05) is 12.1 Å². The minimum absolute atomic E-state index is 0.00882. The topological polar surface area (TPSA) is 0 Å². The lowest BCUT2D eigenvalue weighted by atomic mass is 9.78. The van der Waals surface area contributed by atoms with Crippen LogP contribution in [0.2, 0.25) is 5.02 Å². The van der Waals surface area contributed by atoms with Crippen LogP contribution in [0.5, 0.6) is 0 Å². The van der Waals surface area contributed by atoms with Gasteiger partial charge in [-0.25, -0.2) is 0 Å². The van der Waals surface area contributed by atoms with Crippen LogP contribution in [-0.2, 0) is 6.42 Å². The van der Waals surface area contributed by atoms with E-state index in [1.165, 1.54) is 5.56 Å². The third-order valence-corrected chi connectivity index (χ3v) is 4.29. The molecule has 0 saturated heterocycles. The monoisotopic (exact) mass is 292 g/mol. The van der Waals surface area contributed by atoms with Gasteiger partial charge in [0, 0.05) is 22.2 Å². The van der Waals surface area contributed by atoms with E-state index >= 15 is 0 Å². The molecule has 96 valence electrons. The molecule has 0 unspecified atom stereocenters. The highest BCUT2D eigenvalue weighted by Crippen LogP contribution is 2.34. The summed E-state index contributed by atoms with van der Waals surface area (Å²) < 4.78 is 0. The number of benzene rings is 1. The second-order valence-electron chi connectivity index (χ2n) is 5.17. The average molecular weight is 294 g/mol. The first-order valence-electron chi connectivity index (χ1n) is 5.88. The van der Waals surface area contributed by atoms with Gasteiger partial charge in [0.25, 0.3) is 0 Å². The molecule has 0 fully saturated rings. The summed E-state index contributed by atoms with van der Waals surface area (Å²) in [6.07, 6.45) is 1.96. The van der Waals surface area contributed by atoms with E-state index in [2.05, 4.69) is 26.0 Å². The van der Waals surface area contributed by atoms with Gasteiger partial charge in [0.1, 0.15) is 0 Å². The Morgan fingerprint density at radius 2 is 1.59 bits per heavy atom. The fourth-order valence-corrected chi connectivity index (χ4v) is 3.03. The maximum absolute atomic E-state index is 6.14. The number of hydrogen-bond donors (Lipinski definition) is 0. The predicted molar refractivity (Wildman–Crippen MR) is 78.5 cm³/mol. The van der Waals surface area contributed by atoms with E-state index in [0.29, 0.717) is 17.7 Å². The summed E-state index contributed by atoms with van der Waals surface area (Å²) in [6.45, 7) is 4.41. The number of halogens is 3. The smallest absolute Gasteiger partial charge is 0.0406 e. The van der Waals surface area contributed by atoms with Crippen LogP contribution in [0.15, 0.2) is 24.3 Å². The van der Waals surface area contributed by atoms with E-state index in [4.69, 9.17) is 34.8 Å². The number of hydrogen-bond acceptors (Lipinski definition) is 0. The van der Waals surface area contributed by atoms with Gasteiger partial charge >= 0.3 is 0 Å². The van der Waals surface area contributed by atoms with E-state index in [-0.39, 0.29) is 5.41 Å². The highest BCUT2D eigenvalue weighted by molar-refractivity contribution is 6.30. The molecule has 0 saturated carbocycles. The minimum atomic E-state index is -0.00882. The molecule has 0 bridgehead atoms. The molecule has 1 rings (SSSR count). The third kappa shape index (κ3) is 4.69. The molecule has 0 aliphatic heterocycles. The summed E-state index contributed by atoms with van der Waals surface area (Å²) in [5.74, 6) is 1.79. The molecule has 0 heterocycles. The van der Waals surface area contributed by atoms with Crippen LogP contribution in [0.3, 0.4) is 0 Å². The Kier molecular flexibility index (Phi) is 6.12. The maximum Gasteiger partial charge on any atom is 0.0406 e. The largest absolute Gasteiger partial charge is 0.126 e. The Bertz CT molecular complexity index is 326. The number of alkyl halides is 2.